The van der Waals surface area contributed by atoms with Gasteiger partial charge in [0.2, 0.25) is 0 Å². The van der Waals surface area contributed by atoms with Crippen LogP contribution in [0.3, 0.4) is 0 Å². The SMILES string of the molecule is Cc1ccc2c3c(cccc13)Nc1ccccc1-2. The van der Waals surface area contributed by atoms with E-state index in [1.807, 2.05) is 0 Å². The van der Waals surface area contributed by atoms with Crippen molar-refractivity contribution in [3.05, 3.63) is 60.2 Å². The Bertz CT molecular complexity index is 772. The molecule has 3 aromatic rings. The lowest BCUT2D eigenvalue weighted by Crippen LogP contribution is -2.01. The third-order valence-electron chi connectivity index (χ3n) is 3.75. The molecule has 0 fully saturated rings. The Hall–Kier alpha value is -2.28. The summed E-state index contributed by atoms with van der Waals surface area (Å²) < 4.78 is 0. The first-order valence-electron chi connectivity index (χ1n) is 6.23. The summed E-state index contributed by atoms with van der Waals surface area (Å²) in [5.41, 5.74) is 6.37. The molecule has 1 N–H and O–H groups in total. The molecule has 1 heterocycles. The fourth-order valence-corrected chi connectivity index (χ4v) is 2.85. The minimum Gasteiger partial charge on any atom is -0.354 e. The second kappa shape index (κ2) is 3.36. The lowest BCUT2D eigenvalue weighted by atomic mass is 9.91. The summed E-state index contributed by atoms with van der Waals surface area (Å²) >= 11 is 0. The lowest BCUT2D eigenvalue weighted by molar-refractivity contribution is 1.48. The topological polar surface area (TPSA) is 12.0 Å². The number of anilines is 2. The molecule has 0 saturated carbocycles. The van der Waals surface area contributed by atoms with Gasteiger partial charge in [-0.25, -0.2) is 0 Å². The molecule has 0 saturated heterocycles. The molecule has 1 aliphatic rings. The Morgan fingerprint density at radius 2 is 1.56 bits per heavy atom. The highest BCUT2D eigenvalue weighted by Gasteiger charge is 2.17. The quantitative estimate of drug-likeness (QED) is 0.455. The molecule has 86 valence electrons. The van der Waals surface area contributed by atoms with Crippen LogP contribution < -0.4 is 5.32 Å². The number of fused-ring (bicyclic) bond motifs is 2. The molecule has 3 aromatic carbocycles. The Morgan fingerprint density at radius 1 is 0.722 bits per heavy atom. The number of hydrogen-bond acceptors (Lipinski definition) is 1. The van der Waals surface area contributed by atoms with E-state index < -0.39 is 0 Å². The van der Waals surface area contributed by atoms with Crippen molar-refractivity contribution in [2.24, 2.45) is 0 Å². The molecule has 0 atom stereocenters. The summed E-state index contributed by atoms with van der Waals surface area (Å²) in [6, 6.07) is 19.4. The Kier molecular flexibility index (Phi) is 1.81. The van der Waals surface area contributed by atoms with Crippen molar-refractivity contribution < 1.29 is 0 Å². The normalized spacial score (nSPS) is 12.1. The maximum atomic E-state index is 3.53. The predicted molar refractivity (Wildman–Crippen MR) is 77.4 cm³/mol. The van der Waals surface area contributed by atoms with Crippen LogP contribution in [0.25, 0.3) is 21.9 Å². The van der Waals surface area contributed by atoms with E-state index in [1.165, 1.54) is 38.8 Å². The first-order valence-corrected chi connectivity index (χ1v) is 6.23. The zero-order valence-electron chi connectivity index (χ0n) is 10.2. The third-order valence-corrected chi connectivity index (χ3v) is 3.75. The number of para-hydroxylation sites is 1. The predicted octanol–water partition coefficient (Wildman–Crippen LogP) is 4.87. The van der Waals surface area contributed by atoms with E-state index >= 15 is 0 Å². The van der Waals surface area contributed by atoms with Crippen LogP contribution in [0.2, 0.25) is 0 Å². The highest BCUT2D eigenvalue weighted by atomic mass is 14.9. The molecule has 0 spiro atoms. The fourth-order valence-electron chi connectivity index (χ4n) is 2.85. The molecular weight excluding hydrogens is 218 g/mol. The zero-order valence-corrected chi connectivity index (χ0v) is 10.2. The molecule has 1 aliphatic heterocycles. The van der Waals surface area contributed by atoms with E-state index in [2.05, 4.69) is 66.8 Å². The number of hydrogen-bond donors (Lipinski definition) is 1. The fraction of sp³-hybridized carbons (Fsp3) is 0.0588. The van der Waals surface area contributed by atoms with Gasteiger partial charge < -0.3 is 5.32 Å². The van der Waals surface area contributed by atoms with Gasteiger partial charge in [-0.3, -0.25) is 0 Å². The molecule has 0 unspecified atom stereocenters. The van der Waals surface area contributed by atoms with Crippen LogP contribution in [-0.4, -0.2) is 0 Å². The van der Waals surface area contributed by atoms with Gasteiger partial charge in [-0.05, 0) is 35.6 Å². The van der Waals surface area contributed by atoms with Crippen molar-refractivity contribution in [3.8, 4) is 11.1 Å². The maximum Gasteiger partial charge on any atom is 0.0470 e. The van der Waals surface area contributed by atoms with Gasteiger partial charge >= 0.3 is 0 Å². The van der Waals surface area contributed by atoms with Gasteiger partial charge in [0.15, 0.2) is 0 Å². The molecule has 4 rings (SSSR count). The minimum atomic E-state index is 1.20. The maximum absolute atomic E-state index is 3.53. The van der Waals surface area contributed by atoms with Crippen LogP contribution in [0.1, 0.15) is 5.56 Å². The van der Waals surface area contributed by atoms with E-state index in [9.17, 15) is 0 Å². The lowest BCUT2D eigenvalue weighted by Gasteiger charge is -2.22. The number of rotatable bonds is 0. The first-order chi connectivity index (χ1) is 8.84. The van der Waals surface area contributed by atoms with Crippen molar-refractivity contribution in [1.29, 1.82) is 0 Å². The van der Waals surface area contributed by atoms with Crippen LogP contribution >= 0.6 is 0 Å². The molecule has 1 nitrogen and oxygen atoms in total. The number of nitrogens with one attached hydrogen (secondary N) is 1. The van der Waals surface area contributed by atoms with Crippen LogP contribution in [0, 0.1) is 6.92 Å². The van der Waals surface area contributed by atoms with Gasteiger partial charge in [0.25, 0.3) is 0 Å². The second-order valence-electron chi connectivity index (χ2n) is 4.83. The van der Waals surface area contributed by atoms with Gasteiger partial charge in [0, 0.05) is 22.3 Å². The van der Waals surface area contributed by atoms with E-state index in [1.54, 1.807) is 0 Å². The zero-order chi connectivity index (χ0) is 12.1. The largest absolute Gasteiger partial charge is 0.354 e. The van der Waals surface area contributed by atoms with Gasteiger partial charge in [0.1, 0.15) is 0 Å². The van der Waals surface area contributed by atoms with Crippen LogP contribution in [0.15, 0.2) is 54.6 Å². The standard InChI is InChI=1S/C17H13N/c1-11-9-10-14-13-5-2-3-7-15(13)18-16-8-4-6-12(11)17(14)16/h2-10,18H,1H3. The average Bonchev–Trinajstić information content (AvgIpc) is 2.42. The minimum absolute atomic E-state index is 1.20. The summed E-state index contributed by atoms with van der Waals surface area (Å²) in [6.07, 6.45) is 0. The van der Waals surface area contributed by atoms with Crippen molar-refractivity contribution in [1.82, 2.24) is 0 Å². The number of aryl methyl sites for hydroxylation is 1. The Balaban J connectivity index is 2.22. The van der Waals surface area contributed by atoms with Crippen molar-refractivity contribution in [2.75, 3.05) is 5.32 Å². The van der Waals surface area contributed by atoms with Crippen molar-refractivity contribution in [3.63, 3.8) is 0 Å². The van der Waals surface area contributed by atoms with Gasteiger partial charge in [-0.1, -0.05) is 42.5 Å². The van der Waals surface area contributed by atoms with Gasteiger partial charge in [-0.2, -0.15) is 0 Å². The van der Waals surface area contributed by atoms with Gasteiger partial charge in [0.05, 0.1) is 0 Å². The first kappa shape index (κ1) is 9.72. The van der Waals surface area contributed by atoms with Crippen molar-refractivity contribution >= 4 is 22.1 Å². The smallest absolute Gasteiger partial charge is 0.0470 e. The molecule has 0 aliphatic carbocycles. The number of benzene rings is 3. The summed E-state index contributed by atoms with van der Waals surface area (Å²) in [7, 11) is 0. The summed E-state index contributed by atoms with van der Waals surface area (Å²) in [6.45, 7) is 2.17. The summed E-state index contributed by atoms with van der Waals surface area (Å²) in [4.78, 5) is 0. The van der Waals surface area contributed by atoms with Gasteiger partial charge in [-0.15, -0.1) is 0 Å². The molecule has 18 heavy (non-hydrogen) atoms. The monoisotopic (exact) mass is 231 g/mol. The molecule has 1 heteroatoms. The van der Waals surface area contributed by atoms with Crippen LogP contribution in [-0.2, 0) is 0 Å². The molecule has 0 bridgehead atoms. The van der Waals surface area contributed by atoms with E-state index in [0.29, 0.717) is 0 Å². The van der Waals surface area contributed by atoms with E-state index in [-0.39, 0.29) is 0 Å². The van der Waals surface area contributed by atoms with E-state index in [0.717, 1.165) is 0 Å². The summed E-state index contributed by atoms with van der Waals surface area (Å²) in [5, 5.41) is 6.22. The van der Waals surface area contributed by atoms with E-state index in [4.69, 9.17) is 0 Å². The highest BCUT2D eigenvalue weighted by molar-refractivity contribution is 6.11. The summed E-state index contributed by atoms with van der Waals surface area (Å²) in [5.74, 6) is 0. The third kappa shape index (κ3) is 1.16. The van der Waals surface area contributed by atoms with Crippen molar-refractivity contribution in [2.45, 2.75) is 6.92 Å². The average molecular weight is 231 g/mol. The van der Waals surface area contributed by atoms with Crippen LogP contribution in [0.5, 0.6) is 0 Å². The molecule has 0 aromatic heterocycles. The Labute approximate surface area is 106 Å². The second-order valence-corrected chi connectivity index (χ2v) is 4.83. The Morgan fingerprint density at radius 3 is 2.50 bits per heavy atom. The molecule has 0 radical (unpaired) electrons. The highest BCUT2D eigenvalue weighted by Crippen LogP contribution is 2.43. The van der Waals surface area contributed by atoms with Crippen LogP contribution in [0.4, 0.5) is 11.4 Å². The molecule has 0 amide bonds. The molecular formula is C17H13N.